The van der Waals surface area contributed by atoms with Gasteiger partial charge in [0.15, 0.2) is 0 Å². The van der Waals surface area contributed by atoms with Gasteiger partial charge < -0.3 is 14.8 Å². The summed E-state index contributed by atoms with van der Waals surface area (Å²) in [6.45, 7) is 3.89. The van der Waals surface area contributed by atoms with E-state index in [0.717, 1.165) is 12.8 Å². The van der Waals surface area contributed by atoms with Crippen molar-refractivity contribution >= 4 is 17.8 Å². The number of ether oxygens (including phenoxy) is 2. The average molecular weight is 341 g/mol. The van der Waals surface area contributed by atoms with E-state index in [1.165, 1.54) is 39.0 Å². The van der Waals surface area contributed by atoms with Gasteiger partial charge in [0.05, 0.1) is 13.0 Å². The van der Waals surface area contributed by atoms with Gasteiger partial charge in [-0.15, -0.1) is 0 Å². The molecule has 0 bridgehead atoms. The number of cyclic esters (lactones) is 1. The van der Waals surface area contributed by atoms with Crippen LogP contribution in [0, 0.1) is 0 Å². The highest BCUT2D eigenvalue weighted by Gasteiger charge is 2.28. The molecule has 1 aliphatic heterocycles. The van der Waals surface area contributed by atoms with E-state index in [1.54, 1.807) is 0 Å². The average Bonchev–Trinajstić information content (AvgIpc) is 2.90. The van der Waals surface area contributed by atoms with E-state index in [2.05, 4.69) is 12.2 Å². The van der Waals surface area contributed by atoms with Crippen molar-refractivity contribution < 1.29 is 23.9 Å². The SMILES string of the molecule is CCCCCCCCCC(CC(=O)N[C@H]1CCOC1=O)OC(C)=O. The molecular formula is C18H31NO5. The predicted molar refractivity (Wildman–Crippen MR) is 90.3 cm³/mol. The van der Waals surface area contributed by atoms with Crippen LogP contribution in [0.25, 0.3) is 0 Å². The van der Waals surface area contributed by atoms with Gasteiger partial charge in [0.2, 0.25) is 5.91 Å². The Labute approximate surface area is 144 Å². The zero-order valence-electron chi connectivity index (χ0n) is 15.0. The fourth-order valence-corrected chi connectivity index (χ4v) is 2.85. The molecule has 1 rings (SSSR count). The molecule has 1 aliphatic rings. The minimum atomic E-state index is -0.561. The Kier molecular flexibility index (Phi) is 10.1. The van der Waals surface area contributed by atoms with Gasteiger partial charge in [0, 0.05) is 13.3 Å². The topological polar surface area (TPSA) is 81.7 Å². The molecule has 2 atom stereocenters. The van der Waals surface area contributed by atoms with Crippen LogP contribution < -0.4 is 5.32 Å². The highest BCUT2D eigenvalue weighted by atomic mass is 16.5. The number of carbonyl (C=O) groups excluding carboxylic acids is 3. The van der Waals surface area contributed by atoms with E-state index in [4.69, 9.17) is 9.47 Å². The molecule has 0 aromatic carbocycles. The van der Waals surface area contributed by atoms with Crippen LogP contribution in [0.5, 0.6) is 0 Å². The fourth-order valence-electron chi connectivity index (χ4n) is 2.85. The van der Waals surface area contributed by atoms with Gasteiger partial charge in [-0.1, -0.05) is 45.4 Å². The third-order valence-corrected chi connectivity index (χ3v) is 4.15. The molecule has 0 spiro atoms. The van der Waals surface area contributed by atoms with Gasteiger partial charge in [-0.05, 0) is 12.8 Å². The van der Waals surface area contributed by atoms with Crippen molar-refractivity contribution in [1.82, 2.24) is 5.32 Å². The molecule has 6 nitrogen and oxygen atoms in total. The second kappa shape index (κ2) is 11.9. The highest BCUT2D eigenvalue weighted by molar-refractivity contribution is 5.85. The number of carbonyl (C=O) groups is 3. The number of amides is 1. The summed E-state index contributed by atoms with van der Waals surface area (Å²) >= 11 is 0. The Bertz CT molecular complexity index is 410. The number of unbranched alkanes of at least 4 members (excludes halogenated alkanes) is 6. The lowest BCUT2D eigenvalue weighted by atomic mass is 10.0. The van der Waals surface area contributed by atoms with Crippen molar-refractivity contribution in [3.63, 3.8) is 0 Å². The van der Waals surface area contributed by atoms with E-state index in [1.807, 2.05) is 0 Å². The smallest absolute Gasteiger partial charge is 0.328 e. The molecule has 0 aromatic rings. The summed E-state index contributed by atoms with van der Waals surface area (Å²) in [5, 5.41) is 2.65. The molecule has 1 fully saturated rings. The van der Waals surface area contributed by atoms with Crippen molar-refractivity contribution in [2.75, 3.05) is 6.61 Å². The van der Waals surface area contributed by atoms with Crippen LogP contribution in [0.3, 0.4) is 0 Å². The van der Waals surface area contributed by atoms with E-state index in [0.29, 0.717) is 19.4 Å². The Morgan fingerprint density at radius 3 is 2.46 bits per heavy atom. The number of nitrogens with one attached hydrogen (secondary N) is 1. The molecule has 0 saturated carbocycles. The molecule has 6 heteroatoms. The summed E-state index contributed by atoms with van der Waals surface area (Å²) in [5.41, 5.74) is 0. The van der Waals surface area contributed by atoms with Crippen LogP contribution in [0.4, 0.5) is 0 Å². The standard InChI is InChI=1S/C18H31NO5/c1-3-4-5-6-7-8-9-10-15(24-14(2)20)13-17(21)19-16-11-12-23-18(16)22/h15-16H,3-13H2,1-2H3,(H,19,21)/t15?,16-/m0/s1. The summed E-state index contributed by atoms with van der Waals surface area (Å²) < 4.78 is 10.1. The molecular weight excluding hydrogens is 310 g/mol. The summed E-state index contributed by atoms with van der Waals surface area (Å²) in [4.78, 5) is 34.6. The monoisotopic (exact) mass is 341 g/mol. The van der Waals surface area contributed by atoms with Crippen molar-refractivity contribution in [2.24, 2.45) is 0 Å². The molecule has 1 unspecified atom stereocenters. The number of rotatable bonds is 12. The lowest BCUT2D eigenvalue weighted by Crippen LogP contribution is -2.39. The van der Waals surface area contributed by atoms with Gasteiger partial charge in [0.25, 0.3) is 0 Å². The van der Waals surface area contributed by atoms with Crippen molar-refractivity contribution in [3.05, 3.63) is 0 Å². The first-order valence-corrected chi connectivity index (χ1v) is 9.16. The number of esters is 2. The second-order valence-corrected chi connectivity index (χ2v) is 6.42. The van der Waals surface area contributed by atoms with Crippen LogP contribution in [0.1, 0.15) is 78.1 Å². The normalized spacial score (nSPS) is 18.1. The Balaban J connectivity index is 2.26. The molecule has 24 heavy (non-hydrogen) atoms. The zero-order chi connectivity index (χ0) is 17.8. The number of hydrogen-bond acceptors (Lipinski definition) is 5. The third-order valence-electron chi connectivity index (χ3n) is 4.15. The third kappa shape index (κ3) is 8.89. The van der Waals surface area contributed by atoms with Crippen LogP contribution in [0.15, 0.2) is 0 Å². The van der Waals surface area contributed by atoms with Crippen LogP contribution in [-0.4, -0.2) is 36.6 Å². The summed E-state index contributed by atoms with van der Waals surface area (Å²) in [6.07, 6.45) is 9.05. The minimum Gasteiger partial charge on any atom is -0.464 e. The van der Waals surface area contributed by atoms with Gasteiger partial charge in [-0.25, -0.2) is 4.79 Å². The lowest BCUT2D eigenvalue weighted by Gasteiger charge is -2.17. The number of hydrogen-bond donors (Lipinski definition) is 1. The maximum Gasteiger partial charge on any atom is 0.328 e. The quantitative estimate of drug-likeness (QED) is 0.436. The first-order valence-electron chi connectivity index (χ1n) is 9.16. The van der Waals surface area contributed by atoms with Crippen LogP contribution in [-0.2, 0) is 23.9 Å². The Hall–Kier alpha value is -1.59. The second-order valence-electron chi connectivity index (χ2n) is 6.42. The zero-order valence-corrected chi connectivity index (χ0v) is 15.0. The van der Waals surface area contributed by atoms with E-state index >= 15 is 0 Å². The molecule has 0 aliphatic carbocycles. The minimum absolute atomic E-state index is 0.0964. The van der Waals surface area contributed by atoms with Gasteiger partial charge in [-0.2, -0.15) is 0 Å². The van der Waals surface area contributed by atoms with Crippen molar-refractivity contribution in [1.29, 1.82) is 0 Å². The maximum atomic E-state index is 12.0. The maximum absolute atomic E-state index is 12.0. The molecule has 0 radical (unpaired) electrons. The lowest BCUT2D eigenvalue weighted by molar-refractivity contribution is -0.149. The molecule has 138 valence electrons. The molecule has 1 saturated heterocycles. The van der Waals surface area contributed by atoms with E-state index < -0.39 is 12.1 Å². The van der Waals surface area contributed by atoms with Crippen molar-refractivity contribution in [2.45, 2.75) is 90.2 Å². The predicted octanol–water partition coefficient (Wildman–Crippen LogP) is 2.88. The van der Waals surface area contributed by atoms with Gasteiger partial charge >= 0.3 is 11.9 Å². The van der Waals surface area contributed by atoms with Crippen molar-refractivity contribution in [3.8, 4) is 0 Å². The summed E-state index contributed by atoms with van der Waals surface area (Å²) in [5.74, 6) is -1.04. The summed E-state index contributed by atoms with van der Waals surface area (Å²) in [7, 11) is 0. The molecule has 0 aromatic heterocycles. The first-order chi connectivity index (χ1) is 11.5. The molecule has 1 N–H and O–H groups in total. The Morgan fingerprint density at radius 1 is 1.21 bits per heavy atom. The fraction of sp³-hybridized carbons (Fsp3) is 0.833. The van der Waals surface area contributed by atoms with E-state index in [-0.39, 0.29) is 24.3 Å². The largest absolute Gasteiger partial charge is 0.464 e. The first kappa shape index (κ1) is 20.5. The van der Waals surface area contributed by atoms with Gasteiger partial charge in [0.1, 0.15) is 12.1 Å². The molecule has 1 heterocycles. The highest BCUT2D eigenvalue weighted by Crippen LogP contribution is 2.14. The van der Waals surface area contributed by atoms with Gasteiger partial charge in [-0.3, -0.25) is 9.59 Å². The van der Waals surface area contributed by atoms with E-state index in [9.17, 15) is 14.4 Å². The molecule has 1 amide bonds. The Morgan fingerprint density at radius 2 is 1.88 bits per heavy atom. The summed E-state index contributed by atoms with van der Waals surface area (Å²) in [6, 6.07) is -0.561. The van der Waals surface area contributed by atoms with Crippen LogP contribution in [0.2, 0.25) is 0 Å². The van der Waals surface area contributed by atoms with Crippen LogP contribution >= 0.6 is 0 Å².